The van der Waals surface area contributed by atoms with Crippen molar-refractivity contribution in [3.63, 3.8) is 0 Å². The molecule has 0 aromatic heterocycles. The third-order valence-corrected chi connectivity index (χ3v) is 3.01. The number of hydrogen-bond acceptors (Lipinski definition) is 1. The van der Waals surface area contributed by atoms with Crippen molar-refractivity contribution in [3.05, 3.63) is 69.2 Å². The van der Waals surface area contributed by atoms with Gasteiger partial charge in [-0.3, -0.25) is 4.79 Å². The molecule has 0 aliphatic carbocycles. The van der Waals surface area contributed by atoms with Crippen LogP contribution in [0.15, 0.2) is 36.4 Å². The number of benzene rings is 2. The highest BCUT2D eigenvalue weighted by Gasteiger charge is 2.22. The second-order valence-electron chi connectivity index (χ2n) is 3.52. The monoisotopic (exact) mass is 286 g/mol. The minimum absolute atomic E-state index is 0.0511. The molecule has 0 unspecified atom stereocenters. The lowest BCUT2D eigenvalue weighted by atomic mass is 10.0. The largest absolute Gasteiger partial charge is 0.288 e. The van der Waals surface area contributed by atoms with Gasteiger partial charge in [0.15, 0.2) is 0 Å². The van der Waals surface area contributed by atoms with E-state index in [9.17, 15) is 13.6 Å². The van der Waals surface area contributed by atoms with Crippen LogP contribution >= 0.6 is 23.2 Å². The Labute approximate surface area is 112 Å². The van der Waals surface area contributed by atoms with Gasteiger partial charge in [-0.25, -0.2) is 8.78 Å². The first kappa shape index (κ1) is 13.0. The second-order valence-corrected chi connectivity index (χ2v) is 4.34. The number of carbonyl (C=O) groups is 1. The van der Waals surface area contributed by atoms with Crippen molar-refractivity contribution in [1.82, 2.24) is 0 Å². The first-order valence-electron chi connectivity index (χ1n) is 4.95. The van der Waals surface area contributed by atoms with Gasteiger partial charge in [-0.1, -0.05) is 35.3 Å². The summed E-state index contributed by atoms with van der Waals surface area (Å²) in [6.07, 6.45) is 0. The highest BCUT2D eigenvalue weighted by atomic mass is 35.5. The fourth-order valence-corrected chi connectivity index (χ4v) is 2.12. The molecule has 0 aliphatic rings. The van der Waals surface area contributed by atoms with E-state index in [2.05, 4.69) is 0 Å². The summed E-state index contributed by atoms with van der Waals surface area (Å²) in [5.74, 6) is -2.77. The Balaban J connectivity index is 2.63. The second kappa shape index (κ2) is 5.04. The minimum atomic E-state index is -0.948. The molecule has 92 valence electrons. The average Bonchev–Trinajstić information content (AvgIpc) is 2.28. The van der Waals surface area contributed by atoms with Crippen molar-refractivity contribution in [2.24, 2.45) is 0 Å². The Kier molecular flexibility index (Phi) is 3.64. The number of rotatable bonds is 2. The van der Waals surface area contributed by atoms with Crippen LogP contribution in [0.5, 0.6) is 0 Å². The number of carbonyl (C=O) groups excluding carboxylic acids is 1. The van der Waals surface area contributed by atoms with Crippen molar-refractivity contribution in [2.75, 3.05) is 0 Å². The molecule has 5 heteroatoms. The van der Waals surface area contributed by atoms with Crippen LogP contribution < -0.4 is 0 Å². The number of hydrogen-bond donors (Lipinski definition) is 0. The summed E-state index contributed by atoms with van der Waals surface area (Å²) in [7, 11) is 0. The molecule has 0 saturated heterocycles. The average molecular weight is 287 g/mol. The van der Waals surface area contributed by atoms with Crippen LogP contribution in [0, 0.1) is 11.6 Å². The zero-order chi connectivity index (χ0) is 13.3. The molecule has 0 saturated carbocycles. The molecule has 0 spiro atoms. The van der Waals surface area contributed by atoms with Gasteiger partial charge in [-0.05, 0) is 24.3 Å². The maximum Gasteiger partial charge on any atom is 0.201 e. The molecular weight excluding hydrogens is 281 g/mol. The molecule has 0 heterocycles. The van der Waals surface area contributed by atoms with E-state index in [1.807, 2.05) is 0 Å². The van der Waals surface area contributed by atoms with Crippen molar-refractivity contribution in [2.45, 2.75) is 0 Å². The predicted molar refractivity (Wildman–Crippen MR) is 66.3 cm³/mol. The fourth-order valence-electron chi connectivity index (χ4n) is 1.55. The smallest absolute Gasteiger partial charge is 0.201 e. The summed E-state index contributed by atoms with van der Waals surface area (Å²) in [5.41, 5.74) is -0.766. The van der Waals surface area contributed by atoms with Crippen molar-refractivity contribution < 1.29 is 13.6 Å². The summed E-state index contributed by atoms with van der Waals surface area (Å²) in [4.78, 5) is 12.1. The van der Waals surface area contributed by atoms with E-state index >= 15 is 0 Å². The molecule has 1 nitrogen and oxygen atoms in total. The van der Waals surface area contributed by atoms with E-state index < -0.39 is 23.0 Å². The minimum Gasteiger partial charge on any atom is -0.288 e. The zero-order valence-corrected chi connectivity index (χ0v) is 10.4. The SMILES string of the molecule is O=C(c1c(F)cccc1F)c1c(Cl)cccc1Cl. The normalized spacial score (nSPS) is 10.4. The van der Waals surface area contributed by atoms with Crippen LogP contribution in [0.1, 0.15) is 15.9 Å². The number of ketones is 1. The van der Waals surface area contributed by atoms with Gasteiger partial charge in [0.2, 0.25) is 5.78 Å². The van der Waals surface area contributed by atoms with Gasteiger partial charge in [0, 0.05) is 0 Å². The lowest BCUT2D eigenvalue weighted by Crippen LogP contribution is -2.08. The topological polar surface area (TPSA) is 17.1 Å². The maximum atomic E-state index is 13.5. The van der Waals surface area contributed by atoms with Crippen molar-refractivity contribution >= 4 is 29.0 Å². The third kappa shape index (κ3) is 2.24. The Bertz CT molecular complexity index is 532. The van der Waals surface area contributed by atoms with Gasteiger partial charge in [0.1, 0.15) is 11.6 Å². The number of halogens is 4. The van der Waals surface area contributed by atoms with Crippen LogP contribution in [0.25, 0.3) is 0 Å². The summed E-state index contributed by atoms with van der Waals surface area (Å²) in [5, 5.41) is 0.102. The van der Waals surface area contributed by atoms with Crippen molar-refractivity contribution in [3.8, 4) is 0 Å². The Morgan fingerprint density at radius 3 is 1.78 bits per heavy atom. The zero-order valence-electron chi connectivity index (χ0n) is 8.88. The van der Waals surface area contributed by atoms with Gasteiger partial charge in [0.25, 0.3) is 0 Å². The van der Waals surface area contributed by atoms with Crippen LogP contribution in [-0.4, -0.2) is 5.78 Å². The van der Waals surface area contributed by atoms with Gasteiger partial charge in [0.05, 0.1) is 21.2 Å². The first-order valence-corrected chi connectivity index (χ1v) is 5.70. The Morgan fingerprint density at radius 2 is 1.28 bits per heavy atom. The lowest BCUT2D eigenvalue weighted by Gasteiger charge is -2.07. The van der Waals surface area contributed by atoms with Crippen LogP contribution in [0.3, 0.4) is 0 Å². The lowest BCUT2D eigenvalue weighted by molar-refractivity contribution is 0.103. The Morgan fingerprint density at radius 1 is 0.833 bits per heavy atom. The Hall–Kier alpha value is -1.45. The van der Waals surface area contributed by atoms with E-state index in [1.165, 1.54) is 18.2 Å². The van der Waals surface area contributed by atoms with Crippen LogP contribution in [0.2, 0.25) is 10.0 Å². The molecule has 0 aliphatic heterocycles. The molecular formula is C13H6Cl2F2O. The summed E-state index contributed by atoms with van der Waals surface area (Å²) >= 11 is 11.7. The van der Waals surface area contributed by atoms with Crippen LogP contribution in [-0.2, 0) is 0 Å². The van der Waals surface area contributed by atoms with Gasteiger partial charge >= 0.3 is 0 Å². The van der Waals surface area contributed by atoms with Crippen molar-refractivity contribution in [1.29, 1.82) is 0 Å². The molecule has 0 radical (unpaired) electrons. The van der Waals surface area contributed by atoms with E-state index in [0.29, 0.717) is 0 Å². The highest BCUT2D eigenvalue weighted by Crippen LogP contribution is 2.28. The summed E-state index contributed by atoms with van der Waals surface area (Å²) in [6.45, 7) is 0. The maximum absolute atomic E-state index is 13.5. The van der Waals surface area contributed by atoms with Gasteiger partial charge < -0.3 is 0 Å². The first-order chi connectivity index (χ1) is 8.52. The van der Waals surface area contributed by atoms with E-state index in [4.69, 9.17) is 23.2 Å². The molecule has 0 atom stereocenters. The molecule has 2 aromatic rings. The summed E-state index contributed by atoms with van der Waals surface area (Å²) in [6, 6.07) is 7.58. The summed E-state index contributed by atoms with van der Waals surface area (Å²) < 4.78 is 27.0. The quantitative estimate of drug-likeness (QED) is 0.743. The third-order valence-electron chi connectivity index (χ3n) is 2.38. The predicted octanol–water partition coefficient (Wildman–Crippen LogP) is 4.50. The molecule has 0 fully saturated rings. The molecule has 18 heavy (non-hydrogen) atoms. The van der Waals surface area contributed by atoms with Crippen LogP contribution in [0.4, 0.5) is 8.78 Å². The molecule has 0 N–H and O–H groups in total. The van der Waals surface area contributed by atoms with E-state index in [-0.39, 0.29) is 15.6 Å². The highest BCUT2D eigenvalue weighted by molar-refractivity contribution is 6.41. The molecule has 2 rings (SSSR count). The van der Waals surface area contributed by atoms with Gasteiger partial charge in [-0.2, -0.15) is 0 Å². The molecule has 0 amide bonds. The standard InChI is InChI=1S/C13H6Cl2F2O/c14-7-3-1-4-8(15)11(7)13(18)12-9(16)5-2-6-10(12)17/h1-6H. The molecule has 0 bridgehead atoms. The fraction of sp³-hybridized carbons (Fsp3) is 0. The van der Waals surface area contributed by atoms with Gasteiger partial charge in [-0.15, -0.1) is 0 Å². The van der Waals surface area contributed by atoms with E-state index in [1.54, 1.807) is 6.07 Å². The molecule has 2 aromatic carbocycles. The van der Waals surface area contributed by atoms with E-state index in [0.717, 1.165) is 12.1 Å².